The molecule has 9 nitrogen and oxygen atoms in total. The molecule has 0 saturated carbocycles. The molecule has 0 saturated heterocycles. The Morgan fingerprint density at radius 2 is 1.77 bits per heavy atom. The molecule has 0 aliphatic carbocycles. The minimum atomic E-state index is -0.186. The molecule has 0 spiro atoms. The Labute approximate surface area is 234 Å². The Morgan fingerprint density at radius 1 is 1.00 bits per heavy atom. The summed E-state index contributed by atoms with van der Waals surface area (Å²) in [6, 6.07) is 20.7. The average Bonchev–Trinajstić information content (AvgIpc) is 2.93. The van der Waals surface area contributed by atoms with E-state index in [9.17, 15) is 4.79 Å². The zero-order valence-electron chi connectivity index (χ0n) is 23.1. The van der Waals surface area contributed by atoms with E-state index in [2.05, 4.69) is 10.6 Å². The van der Waals surface area contributed by atoms with Crippen LogP contribution in [0.1, 0.15) is 33.3 Å². The highest BCUT2D eigenvalue weighted by Crippen LogP contribution is 2.31. The van der Waals surface area contributed by atoms with Gasteiger partial charge in [0.2, 0.25) is 0 Å². The third-order valence-electron chi connectivity index (χ3n) is 5.77. The lowest BCUT2D eigenvalue weighted by atomic mass is 10.1. The third kappa shape index (κ3) is 7.13. The molecule has 0 aliphatic heterocycles. The number of allylic oxidation sites excluding steroid dienone is 1. The molecule has 206 valence electrons. The molecule has 5 N–H and O–H groups in total. The van der Waals surface area contributed by atoms with E-state index in [1.807, 2.05) is 88.4 Å². The topological polar surface area (TPSA) is 135 Å². The number of nitrogens with zero attached hydrogens (tertiary/aromatic N) is 2. The summed E-state index contributed by atoms with van der Waals surface area (Å²) in [5.74, 6) is 2.18. The summed E-state index contributed by atoms with van der Waals surface area (Å²) >= 11 is 0. The summed E-state index contributed by atoms with van der Waals surface area (Å²) in [6.07, 6.45) is 2.65. The van der Waals surface area contributed by atoms with Gasteiger partial charge in [0.1, 0.15) is 17.3 Å². The molecule has 0 unspecified atom stereocenters. The second kappa shape index (κ2) is 12.8. The molecule has 4 rings (SSSR count). The number of hydrogen-bond acceptors (Lipinski definition) is 8. The first-order valence-corrected chi connectivity index (χ1v) is 13.1. The van der Waals surface area contributed by atoms with Crippen molar-refractivity contribution in [2.45, 2.75) is 39.8 Å². The third-order valence-corrected chi connectivity index (χ3v) is 5.77. The van der Waals surface area contributed by atoms with Crippen molar-refractivity contribution in [1.29, 1.82) is 5.41 Å². The Morgan fingerprint density at radius 3 is 2.45 bits per heavy atom. The molecule has 9 heteroatoms. The minimum Gasteiger partial charge on any atom is -0.491 e. The fourth-order valence-corrected chi connectivity index (χ4v) is 4.03. The van der Waals surface area contributed by atoms with Gasteiger partial charge in [-0.2, -0.15) is 0 Å². The molecular formula is C31H34N6O3. The Hall–Kier alpha value is -4.92. The number of benzene rings is 3. The van der Waals surface area contributed by atoms with Crippen molar-refractivity contribution in [3.05, 3.63) is 78.5 Å². The monoisotopic (exact) mass is 538 g/mol. The summed E-state index contributed by atoms with van der Waals surface area (Å²) in [4.78, 5) is 21.7. The Bertz CT molecular complexity index is 1530. The van der Waals surface area contributed by atoms with E-state index < -0.39 is 0 Å². The fraction of sp³-hybridized carbons (Fsp3) is 0.226. The molecule has 0 radical (unpaired) electrons. The number of hydrogen-bond donors (Lipinski definition) is 4. The second-order valence-electron chi connectivity index (χ2n) is 9.75. The maximum Gasteiger partial charge on any atom is 0.258 e. The molecule has 3 aromatic carbocycles. The molecule has 40 heavy (non-hydrogen) atoms. The molecular weight excluding hydrogens is 504 g/mol. The van der Waals surface area contributed by atoms with Gasteiger partial charge in [-0.15, -0.1) is 0 Å². The van der Waals surface area contributed by atoms with Gasteiger partial charge in [-0.1, -0.05) is 24.3 Å². The number of amides is 1. The Kier molecular flexibility index (Phi) is 8.96. The predicted molar refractivity (Wildman–Crippen MR) is 160 cm³/mol. The first-order chi connectivity index (χ1) is 19.2. The van der Waals surface area contributed by atoms with Crippen LogP contribution in [0.15, 0.2) is 72.9 Å². The van der Waals surface area contributed by atoms with E-state index in [0.29, 0.717) is 23.0 Å². The standard InChI is InChI=1S/C31H34N6O3/c1-19(2)34-29(38)18-39-25-7-5-6-22(14-25)30-36-28-13-12-26(40-20(3)4)15-27(28)31(37-30)35-24-10-8-21(9-11-24)23(16-32)17-33/h5-17,19-20,32H,18,33H2,1-4H3,(H,34,38)(H,35,36,37)/b23-17+,32-16?. The largest absolute Gasteiger partial charge is 0.491 e. The normalized spacial score (nSPS) is 11.5. The van der Waals surface area contributed by atoms with E-state index in [4.69, 9.17) is 30.6 Å². The lowest BCUT2D eigenvalue weighted by Gasteiger charge is -2.15. The first-order valence-electron chi connectivity index (χ1n) is 13.1. The average molecular weight is 539 g/mol. The van der Waals surface area contributed by atoms with Crippen LogP contribution >= 0.6 is 0 Å². The lowest BCUT2D eigenvalue weighted by Crippen LogP contribution is -2.34. The minimum absolute atomic E-state index is 0.0191. The lowest BCUT2D eigenvalue weighted by molar-refractivity contribution is -0.123. The van der Waals surface area contributed by atoms with Crippen molar-refractivity contribution in [3.8, 4) is 22.9 Å². The highest BCUT2D eigenvalue weighted by Gasteiger charge is 2.13. The number of nitrogens with one attached hydrogen (secondary N) is 3. The van der Waals surface area contributed by atoms with Gasteiger partial charge in [-0.25, -0.2) is 9.97 Å². The van der Waals surface area contributed by atoms with Crippen molar-refractivity contribution < 1.29 is 14.3 Å². The number of rotatable bonds is 11. The van der Waals surface area contributed by atoms with Crippen molar-refractivity contribution in [2.24, 2.45) is 5.73 Å². The molecule has 1 amide bonds. The van der Waals surface area contributed by atoms with Gasteiger partial charge >= 0.3 is 0 Å². The van der Waals surface area contributed by atoms with Crippen LogP contribution in [0, 0.1) is 5.41 Å². The van der Waals surface area contributed by atoms with Crippen molar-refractivity contribution in [2.75, 3.05) is 11.9 Å². The number of carbonyl (C=O) groups excluding carboxylic acids is 1. The van der Waals surface area contributed by atoms with Gasteiger partial charge in [-0.3, -0.25) is 4.79 Å². The summed E-state index contributed by atoms with van der Waals surface area (Å²) in [5, 5.41) is 14.6. The van der Waals surface area contributed by atoms with Gasteiger partial charge < -0.3 is 31.3 Å². The van der Waals surface area contributed by atoms with Crippen LogP contribution < -0.4 is 25.8 Å². The van der Waals surface area contributed by atoms with Crippen LogP contribution in [-0.2, 0) is 4.79 Å². The molecule has 1 aromatic heterocycles. The molecule has 0 aliphatic rings. The summed E-state index contributed by atoms with van der Waals surface area (Å²) < 4.78 is 11.6. The number of ether oxygens (including phenoxy) is 2. The maximum atomic E-state index is 12.0. The van der Waals surface area contributed by atoms with Gasteiger partial charge in [0, 0.05) is 40.7 Å². The molecule has 4 aromatic rings. The van der Waals surface area contributed by atoms with Crippen LogP contribution in [0.4, 0.5) is 11.5 Å². The van der Waals surface area contributed by atoms with Crippen molar-refractivity contribution in [1.82, 2.24) is 15.3 Å². The summed E-state index contributed by atoms with van der Waals surface area (Å²) in [5.41, 5.74) is 9.38. The quantitative estimate of drug-likeness (QED) is 0.180. The van der Waals surface area contributed by atoms with E-state index in [-0.39, 0.29) is 24.7 Å². The molecule has 0 fully saturated rings. The molecule has 0 atom stereocenters. The second-order valence-corrected chi connectivity index (χ2v) is 9.75. The summed E-state index contributed by atoms with van der Waals surface area (Å²) in [7, 11) is 0. The first kappa shape index (κ1) is 28.1. The van der Waals surface area contributed by atoms with Crippen LogP contribution in [0.5, 0.6) is 11.5 Å². The van der Waals surface area contributed by atoms with Gasteiger partial charge in [-0.05, 0) is 75.7 Å². The zero-order chi connectivity index (χ0) is 28.6. The fourth-order valence-electron chi connectivity index (χ4n) is 4.03. The summed E-state index contributed by atoms with van der Waals surface area (Å²) in [6.45, 7) is 7.67. The van der Waals surface area contributed by atoms with Gasteiger partial charge in [0.15, 0.2) is 12.4 Å². The van der Waals surface area contributed by atoms with E-state index in [1.165, 1.54) is 12.4 Å². The number of fused-ring (bicyclic) bond motifs is 1. The van der Waals surface area contributed by atoms with Crippen molar-refractivity contribution >= 4 is 40.1 Å². The smallest absolute Gasteiger partial charge is 0.258 e. The highest BCUT2D eigenvalue weighted by molar-refractivity contribution is 6.08. The predicted octanol–water partition coefficient (Wildman–Crippen LogP) is 5.68. The number of aromatic nitrogens is 2. The number of nitrogens with two attached hydrogens (primary N) is 1. The van der Waals surface area contributed by atoms with E-state index in [1.54, 1.807) is 6.07 Å². The highest BCUT2D eigenvalue weighted by atomic mass is 16.5. The number of carbonyl (C=O) groups is 1. The molecule has 1 heterocycles. The number of anilines is 2. The van der Waals surface area contributed by atoms with Crippen LogP contribution in [-0.4, -0.2) is 40.8 Å². The maximum absolute atomic E-state index is 12.0. The van der Waals surface area contributed by atoms with Gasteiger partial charge in [0.05, 0.1) is 11.6 Å². The van der Waals surface area contributed by atoms with E-state index in [0.717, 1.165) is 33.5 Å². The van der Waals surface area contributed by atoms with Crippen LogP contribution in [0.3, 0.4) is 0 Å². The van der Waals surface area contributed by atoms with Crippen molar-refractivity contribution in [3.63, 3.8) is 0 Å². The van der Waals surface area contributed by atoms with Crippen LogP contribution in [0.25, 0.3) is 27.9 Å². The van der Waals surface area contributed by atoms with E-state index >= 15 is 0 Å². The van der Waals surface area contributed by atoms with Gasteiger partial charge in [0.25, 0.3) is 5.91 Å². The SMILES string of the molecule is CC(C)NC(=O)COc1cccc(-c2nc(Nc3ccc(/C(C=N)=C/N)cc3)c3cc(OC(C)C)ccc3n2)c1. The molecule has 0 bridgehead atoms. The Balaban J connectivity index is 1.70. The van der Waals surface area contributed by atoms with Crippen LogP contribution in [0.2, 0.25) is 0 Å². The zero-order valence-corrected chi connectivity index (χ0v) is 23.1.